The summed E-state index contributed by atoms with van der Waals surface area (Å²) in [4.78, 5) is 4.04. The van der Waals surface area contributed by atoms with Crippen LogP contribution in [0, 0.1) is 0 Å². The number of aromatic nitrogens is 2. The molecule has 0 radical (unpaired) electrons. The number of halogens is 1. The van der Waals surface area contributed by atoms with E-state index in [-0.39, 0.29) is 0 Å². The Balaban J connectivity index is 1.93. The molecular formula is C16H15ClN2O. The highest BCUT2D eigenvalue weighted by Crippen LogP contribution is 2.26. The molecule has 0 N–H and O–H groups in total. The largest absolute Gasteiger partial charge is 0.487 e. The van der Waals surface area contributed by atoms with E-state index in [0.29, 0.717) is 6.61 Å². The Hall–Kier alpha value is -2.00. The van der Waals surface area contributed by atoms with Gasteiger partial charge in [-0.1, -0.05) is 11.6 Å². The van der Waals surface area contributed by atoms with Crippen LogP contribution in [0.1, 0.15) is 12.5 Å². The molecule has 0 aliphatic rings. The average Bonchev–Trinajstić information content (AvgIpc) is 2.83. The fourth-order valence-electron chi connectivity index (χ4n) is 2.31. The van der Waals surface area contributed by atoms with Crippen molar-refractivity contribution in [1.82, 2.24) is 9.55 Å². The molecule has 0 unspecified atom stereocenters. The third kappa shape index (κ3) is 2.49. The fourth-order valence-corrected chi connectivity index (χ4v) is 2.49. The molecule has 0 saturated heterocycles. The summed E-state index contributed by atoms with van der Waals surface area (Å²) in [7, 11) is 0. The number of nitrogens with zero attached hydrogens (tertiary/aromatic N) is 2. The van der Waals surface area contributed by atoms with Gasteiger partial charge in [0.15, 0.2) is 0 Å². The Labute approximate surface area is 122 Å². The van der Waals surface area contributed by atoms with E-state index in [9.17, 15) is 0 Å². The molecule has 102 valence electrons. The van der Waals surface area contributed by atoms with E-state index in [1.54, 1.807) is 12.4 Å². The van der Waals surface area contributed by atoms with E-state index < -0.39 is 0 Å². The third-order valence-corrected chi connectivity index (χ3v) is 3.53. The highest BCUT2D eigenvalue weighted by atomic mass is 35.5. The van der Waals surface area contributed by atoms with E-state index in [4.69, 9.17) is 16.3 Å². The van der Waals surface area contributed by atoms with Gasteiger partial charge in [-0.2, -0.15) is 0 Å². The smallest absolute Gasteiger partial charge is 0.138 e. The van der Waals surface area contributed by atoms with Crippen molar-refractivity contribution in [2.45, 2.75) is 20.1 Å². The minimum Gasteiger partial charge on any atom is -0.487 e. The lowest BCUT2D eigenvalue weighted by Crippen LogP contribution is -1.95. The lowest BCUT2D eigenvalue weighted by atomic mass is 10.2. The first-order valence-corrected chi connectivity index (χ1v) is 6.96. The van der Waals surface area contributed by atoms with Crippen molar-refractivity contribution in [3.05, 3.63) is 59.5 Å². The van der Waals surface area contributed by atoms with Crippen LogP contribution in [0.5, 0.6) is 5.75 Å². The van der Waals surface area contributed by atoms with Crippen molar-refractivity contribution in [3.63, 3.8) is 0 Å². The normalized spacial score (nSPS) is 10.9. The second-order valence-corrected chi connectivity index (χ2v) is 5.02. The highest BCUT2D eigenvalue weighted by molar-refractivity contribution is 6.31. The van der Waals surface area contributed by atoms with Crippen LogP contribution in [0.4, 0.5) is 0 Å². The standard InChI is InChI=1S/C16H15ClN2O/c1-2-19-10-12(11-20-14-4-3-7-18-9-14)15-8-13(17)5-6-16(15)19/h3-10H,2,11H2,1H3. The first-order chi connectivity index (χ1) is 9.78. The zero-order valence-corrected chi connectivity index (χ0v) is 12.0. The van der Waals surface area contributed by atoms with Crippen LogP contribution >= 0.6 is 11.6 Å². The van der Waals surface area contributed by atoms with Gasteiger partial charge in [0.05, 0.1) is 6.20 Å². The maximum absolute atomic E-state index is 6.10. The molecule has 3 rings (SSSR count). The Morgan fingerprint density at radius 3 is 2.95 bits per heavy atom. The second-order valence-electron chi connectivity index (χ2n) is 4.58. The number of pyridine rings is 1. The van der Waals surface area contributed by atoms with Gasteiger partial charge in [0.2, 0.25) is 0 Å². The zero-order valence-electron chi connectivity index (χ0n) is 11.2. The van der Waals surface area contributed by atoms with Gasteiger partial charge < -0.3 is 9.30 Å². The summed E-state index contributed by atoms with van der Waals surface area (Å²) in [6.45, 7) is 3.56. The maximum Gasteiger partial charge on any atom is 0.138 e. The molecule has 0 aliphatic heterocycles. The Morgan fingerprint density at radius 2 is 2.20 bits per heavy atom. The predicted octanol–water partition coefficient (Wildman–Crippen LogP) is 4.29. The van der Waals surface area contributed by atoms with Crippen LogP contribution in [0.2, 0.25) is 5.02 Å². The van der Waals surface area contributed by atoms with E-state index >= 15 is 0 Å². The minimum absolute atomic E-state index is 0.509. The molecule has 3 nitrogen and oxygen atoms in total. The van der Waals surface area contributed by atoms with E-state index in [2.05, 4.69) is 28.7 Å². The van der Waals surface area contributed by atoms with Crippen molar-refractivity contribution in [2.75, 3.05) is 0 Å². The average molecular weight is 287 g/mol. The van der Waals surface area contributed by atoms with Crippen LogP contribution in [0.3, 0.4) is 0 Å². The molecule has 0 fully saturated rings. The van der Waals surface area contributed by atoms with Gasteiger partial charge >= 0.3 is 0 Å². The summed E-state index contributed by atoms with van der Waals surface area (Å²) >= 11 is 6.10. The van der Waals surface area contributed by atoms with Crippen LogP contribution < -0.4 is 4.74 Å². The molecule has 0 bridgehead atoms. The van der Waals surface area contributed by atoms with Crippen molar-refractivity contribution in [1.29, 1.82) is 0 Å². The van der Waals surface area contributed by atoms with Crippen LogP contribution in [-0.4, -0.2) is 9.55 Å². The summed E-state index contributed by atoms with van der Waals surface area (Å²) in [5, 5.41) is 1.89. The third-order valence-electron chi connectivity index (χ3n) is 3.30. The first kappa shape index (κ1) is 13.0. The van der Waals surface area contributed by atoms with Crippen LogP contribution in [-0.2, 0) is 13.2 Å². The predicted molar refractivity (Wildman–Crippen MR) is 81.2 cm³/mol. The molecule has 0 atom stereocenters. The number of benzene rings is 1. The molecule has 0 amide bonds. The van der Waals surface area contributed by atoms with Crippen molar-refractivity contribution < 1.29 is 4.74 Å². The molecule has 2 heterocycles. The molecule has 20 heavy (non-hydrogen) atoms. The van der Waals surface area contributed by atoms with Crippen LogP contribution in [0.25, 0.3) is 10.9 Å². The van der Waals surface area contributed by atoms with Crippen LogP contribution in [0.15, 0.2) is 48.9 Å². The topological polar surface area (TPSA) is 27.1 Å². The van der Waals surface area contributed by atoms with E-state index in [0.717, 1.165) is 28.3 Å². The fraction of sp³-hybridized carbons (Fsp3) is 0.188. The van der Waals surface area contributed by atoms with Crippen molar-refractivity contribution in [3.8, 4) is 5.75 Å². The summed E-state index contributed by atoms with van der Waals surface area (Å²) in [5.74, 6) is 0.770. The number of aryl methyl sites for hydroxylation is 1. The van der Waals surface area contributed by atoms with E-state index in [1.165, 1.54) is 5.52 Å². The second kappa shape index (κ2) is 5.55. The SMILES string of the molecule is CCn1cc(COc2cccnc2)c2cc(Cl)ccc21. The van der Waals surface area contributed by atoms with Crippen molar-refractivity contribution >= 4 is 22.5 Å². The zero-order chi connectivity index (χ0) is 13.9. The summed E-state index contributed by atoms with van der Waals surface area (Å²) in [6.07, 6.45) is 5.57. The number of hydrogen-bond donors (Lipinski definition) is 0. The number of hydrogen-bond acceptors (Lipinski definition) is 2. The number of rotatable bonds is 4. The van der Waals surface area contributed by atoms with Gasteiger partial charge in [-0.15, -0.1) is 0 Å². The summed E-state index contributed by atoms with van der Waals surface area (Å²) < 4.78 is 7.98. The monoisotopic (exact) mass is 286 g/mol. The van der Waals surface area contributed by atoms with Gasteiger partial charge in [-0.25, -0.2) is 0 Å². The lowest BCUT2D eigenvalue weighted by Gasteiger charge is -2.04. The molecule has 0 saturated carbocycles. The lowest BCUT2D eigenvalue weighted by molar-refractivity contribution is 0.306. The number of fused-ring (bicyclic) bond motifs is 1. The summed E-state index contributed by atoms with van der Waals surface area (Å²) in [6, 6.07) is 9.72. The number of ether oxygens (including phenoxy) is 1. The van der Waals surface area contributed by atoms with Gasteiger partial charge in [0.1, 0.15) is 12.4 Å². The Kier molecular flexibility index (Phi) is 3.61. The molecule has 0 spiro atoms. The Morgan fingerprint density at radius 1 is 1.30 bits per heavy atom. The van der Waals surface area contributed by atoms with Crippen molar-refractivity contribution in [2.24, 2.45) is 0 Å². The van der Waals surface area contributed by atoms with Gasteiger partial charge in [-0.05, 0) is 37.3 Å². The molecule has 2 aromatic heterocycles. The van der Waals surface area contributed by atoms with Gasteiger partial charge in [-0.3, -0.25) is 4.98 Å². The van der Waals surface area contributed by atoms with Gasteiger partial charge in [0.25, 0.3) is 0 Å². The van der Waals surface area contributed by atoms with Gasteiger partial charge in [0, 0.05) is 40.4 Å². The molecule has 4 heteroatoms. The molecule has 1 aromatic carbocycles. The molecule has 0 aliphatic carbocycles. The quantitative estimate of drug-likeness (QED) is 0.715. The van der Waals surface area contributed by atoms with E-state index in [1.807, 2.05) is 24.3 Å². The minimum atomic E-state index is 0.509. The summed E-state index contributed by atoms with van der Waals surface area (Å²) in [5.41, 5.74) is 2.31. The first-order valence-electron chi connectivity index (χ1n) is 6.58. The Bertz CT molecular complexity index is 722. The maximum atomic E-state index is 6.10. The highest BCUT2D eigenvalue weighted by Gasteiger charge is 2.09. The molecular weight excluding hydrogens is 272 g/mol. The molecule has 3 aromatic rings.